The van der Waals surface area contributed by atoms with Crippen LogP contribution in [0.4, 0.5) is 0 Å². The van der Waals surface area contributed by atoms with Gasteiger partial charge in [-0.25, -0.2) is 0 Å². The normalized spacial score (nSPS) is 12.2. The van der Waals surface area contributed by atoms with Crippen LogP contribution in [0.25, 0.3) is 0 Å². The van der Waals surface area contributed by atoms with Crippen LogP contribution < -0.4 is 4.74 Å². The second-order valence-corrected chi connectivity index (χ2v) is 4.53. The van der Waals surface area contributed by atoms with E-state index in [2.05, 4.69) is 4.98 Å². The minimum absolute atomic E-state index is 0.0836. The second kappa shape index (κ2) is 7.03. The average molecular weight is 273 g/mol. The number of ether oxygens (including phenoxy) is 1. The Morgan fingerprint density at radius 1 is 1.20 bits per heavy atom. The second-order valence-electron chi connectivity index (χ2n) is 4.53. The standard InChI is InChI=1S/C16H19NO3/c1-2-15(19)14-8-7-13(11-17-14)20-16-6-4-3-5-12(16)9-10-18/h3-8,11,15,18-19H,2,9-10H2,1H3/t15-/m1/s1. The Hall–Kier alpha value is -1.91. The van der Waals surface area contributed by atoms with E-state index < -0.39 is 6.10 Å². The maximum Gasteiger partial charge on any atom is 0.145 e. The Balaban J connectivity index is 2.14. The van der Waals surface area contributed by atoms with E-state index in [4.69, 9.17) is 9.84 Å². The van der Waals surface area contributed by atoms with Crippen LogP contribution in [0.2, 0.25) is 0 Å². The summed E-state index contributed by atoms with van der Waals surface area (Å²) in [5.41, 5.74) is 1.59. The monoisotopic (exact) mass is 273 g/mol. The van der Waals surface area contributed by atoms with Gasteiger partial charge in [-0.3, -0.25) is 4.98 Å². The number of rotatable bonds is 6. The smallest absolute Gasteiger partial charge is 0.145 e. The van der Waals surface area contributed by atoms with Crippen LogP contribution >= 0.6 is 0 Å². The van der Waals surface area contributed by atoms with Crippen molar-refractivity contribution in [3.8, 4) is 11.5 Å². The maximum absolute atomic E-state index is 9.69. The fraction of sp³-hybridized carbons (Fsp3) is 0.312. The molecule has 4 heteroatoms. The van der Waals surface area contributed by atoms with Gasteiger partial charge in [0.25, 0.3) is 0 Å². The molecule has 1 aromatic carbocycles. The van der Waals surface area contributed by atoms with Gasteiger partial charge in [-0.05, 0) is 36.6 Å². The van der Waals surface area contributed by atoms with Crippen LogP contribution in [0, 0.1) is 0 Å². The van der Waals surface area contributed by atoms with Crippen molar-refractivity contribution in [2.24, 2.45) is 0 Å². The summed E-state index contributed by atoms with van der Waals surface area (Å²) in [7, 11) is 0. The van der Waals surface area contributed by atoms with E-state index in [-0.39, 0.29) is 6.61 Å². The highest BCUT2D eigenvalue weighted by molar-refractivity contribution is 5.37. The van der Waals surface area contributed by atoms with Crippen LogP contribution in [0.1, 0.15) is 30.7 Å². The molecule has 0 saturated carbocycles. The topological polar surface area (TPSA) is 62.6 Å². The van der Waals surface area contributed by atoms with Crippen molar-refractivity contribution in [3.05, 3.63) is 53.9 Å². The molecule has 106 valence electrons. The van der Waals surface area contributed by atoms with Crippen LogP contribution in [-0.4, -0.2) is 21.8 Å². The summed E-state index contributed by atoms with van der Waals surface area (Å²) in [6, 6.07) is 11.1. The zero-order valence-corrected chi connectivity index (χ0v) is 11.5. The number of aromatic nitrogens is 1. The van der Waals surface area contributed by atoms with Crippen molar-refractivity contribution in [3.63, 3.8) is 0 Å². The highest BCUT2D eigenvalue weighted by Gasteiger charge is 2.08. The quantitative estimate of drug-likeness (QED) is 0.849. The van der Waals surface area contributed by atoms with E-state index in [0.29, 0.717) is 30.0 Å². The first kappa shape index (κ1) is 14.5. The lowest BCUT2D eigenvalue weighted by molar-refractivity contribution is 0.169. The predicted molar refractivity (Wildman–Crippen MR) is 76.8 cm³/mol. The molecule has 0 spiro atoms. The average Bonchev–Trinajstić information content (AvgIpc) is 2.49. The Bertz CT molecular complexity index is 540. The highest BCUT2D eigenvalue weighted by atomic mass is 16.5. The molecule has 0 saturated heterocycles. The maximum atomic E-state index is 9.69. The molecule has 1 aromatic heterocycles. The molecule has 0 amide bonds. The predicted octanol–water partition coefficient (Wildman–Crippen LogP) is 2.85. The Morgan fingerprint density at radius 2 is 2.00 bits per heavy atom. The van der Waals surface area contributed by atoms with Gasteiger partial charge in [-0.15, -0.1) is 0 Å². The number of aliphatic hydroxyl groups excluding tert-OH is 2. The lowest BCUT2D eigenvalue weighted by Gasteiger charge is -2.11. The molecular weight excluding hydrogens is 254 g/mol. The van der Waals surface area contributed by atoms with Gasteiger partial charge in [-0.2, -0.15) is 0 Å². The zero-order valence-electron chi connectivity index (χ0n) is 11.5. The van der Waals surface area contributed by atoms with E-state index in [1.54, 1.807) is 18.3 Å². The molecule has 0 fully saturated rings. The molecule has 0 aliphatic heterocycles. The molecule has 0 aliphatic rings. The first-order chi connectivity index (χ1) is 9.74. The molecule has 1 heterocycles. The summed E-state index contributed by atoms with van der Waals surface area (Å²) in [6.07, 6.45) is 2.25. The van der Waals surface area contributed by atoms with E-state index in [1.807, 2.05) is 31.2 Å². The summed E-state index contributed by atoms with van der Waals surface area (Å²) in [6.45, 7) is 1.99. The van der Waals surface area contributed by atoms with Gasteiger partial charge in [0.05, 0.1) is 18.0 Å². The van der Waals surface area contributed by atoms with Gasteiger partial charge in [0.1, 0.15) is 11.5 Å². The third-order valence-electron chi connectivity index (χ3n) is 3.07. The van der Waals surface area contributed by atoms with Crippen LogP contribution in [0.5, 0.6) is 11.5 Å². The molecule has 0 aliphatic carbocycles. The van der Waals surface area contributed by atoms with Crippen LogP contribution in [0.3, 0.4) is 0 Å². The molecule has 4 nitrogen and oxygen atoms in total. The first-order valence-electron chi connectivity index (χ1n) is 6.75. The van der Waals surface area contributed by atoms with Gasteiger partial charge in [0, 0.05) is 6.61 Å². The minimum Gasteiger partial charge on any atom is -0.455 e. The highest BCUT2D eigenvalue weighted by Crippen LogP contribution is 2.26. The van der Waals surface area contributed by atoms with E-state index in [9.17, 15) is 5.11 Å². The SMILES string of the molecule is CC[C@@H](O)c1ccc(Oc2ccccc2CCO)cn1. The molecule has 20 heavy (non-hydrogen) atoms. The molecule has 2 rings (SSSR count). The van der Waals surface area contributed by atoms with Crippen molar-refractivity contribution in [2.45, 2.75) is 25.9 Å². The Labute approximate surface area is 118 Å². The van der Waals surface area contributed by atoms with Crippen molar-refractivity contribution in [1.82, 2.24) is 4.98 Å². The summed E-state index contributed by atoms with van der Waals surface area (Å²) in [5, 5.41) is 18.7. The van der Waals surface area contributed by atoms with Gasteiger partial charge in [0.15, 0.2) is 0 Å². The van der Waals surface area contributed by atoms with Crippen LogP contribution in [-0.2, 0) is 6.42 Å². The number of pyridine rings is 1. The Kier molecular flexibility index (Phi) is 5.09. The van der Waals surface area contributed by atoms with E-state index in [1.165, 1.54) is 0 Å². The molecule has 1 atom stereocenters. The van der Waals surface area contributed by atoms with Gasteiger partial charge >= 0.3 is 0 Å². The lowest BCUT2D eigenvalue weighted by Crippen LogP contribution is -1.99. The molecular formula is C16H19NO3. The summed E-state index contributed by atoms with van der Waals surface area (Å²) in [5.74, 6) is 1.33. The third-order valence-corrected chi connectivity index (χ3v) is 3.07. The molecule has 0 radical (unpaired) electrons. The fourth-order valence-corrected chi connectivity index (χ4v) is 1.92. The summed E-state index contributed by atoms with van der Waals surface area (Å²) in [4.78, 5) is 4.20. The van der Waals surface area contributed by atoms with Crippen molar-refractivity contribution in [1.29, 1.82) is 0 Å². The van der Waals surface area contributed by atoms with Gasteiger partial charge < -0.3 is 14.9 Å². The summed E-state index contributed by atoms with van der Waals surface area (Å²) >= 11 is 0. The van der Waals surface area contributed by atoms with Crippen molar-refractivity contribution in [2.75, 3.05) is 6.61 Å². The summed E-state index contributed by atoms with van der Waals surface area (Å²) < 4.78 is 5.78. The van der Waals surface area contributed by atoms with Crippen molar-refractivity contribution < 1.29 is 14.9 Å². The molecule has 2 N–H and O–H groups in total. The Morgan fingerprint density at radius 3 is 2.65 bits per heavy atom. The number of nitrogens with zero attached hydrogens (tertiary/aromatic N) is 1. The first-order valence-corrected chi connectivity index (χ1v) is 6.75. The molecule has 0 unspecified atom stereocenters. The third kappa shape index (κ3) is 3.56. The van der Waals surface area contributed by atoms with Crippen molar-refractivity contribution >= 4 is 0 Å². The lowest BCUT2D eigenvalue weighted by atomic mass is 10.1. The number of aliphatic hydroxyl groups is 2. The number of para-hydroxylation sites is 1. The van der Waals surface area contributed by atoms with E-state index >= 15 is 0 Å². The number of benzene rings is 1. The molecule has 2 aromatic rings. The van der Waals surface area contributed by atoms with Crippen LogP contribution in [0.15, 0.2) is 42.6 Å². The minimum atomic E-state index is -0.536. The fourth-order valence-electron chi connectivity index (χ4n) is 1.92. The largest absolute Gasteiger partial charge is 0.455 e. The van der Waals surface area contributed by atoms with Gasteiger partial charge in [0.2, 0.25) is 0 Å². The number of hydrogen-bond acceptors (Lipinski definition) is 4. The van der Waals surface area contributed by atoms with Gasteiger partial charge in [-0.1, -0.05) is 25.1 Å². The number of hydrogen-bond donors (Lipinski definition) is 2. The van der Waals surface area contributed by atoms with E-state index in [0.717, 1.165) is 5.56 Å². The zero-order chi connectivity index (χ0) is 14.4. The molecule has 0 bridgehead atoms.